The summed E-state index contributed by atoms with van der Waals surface area (Å²) in [4.78, 5) is 21.6. The highest BCUT2D eigenvalue weighted by molar-refractivity contribution is 7.09. The summed E-state index contributed by atoms with van der Waals surface area (Å²) < 4.78 is 6.37. The summed E-state index contributed by atoms with van der Waals surface area (Å²) in [5.41, 5.74) is 4.06. The number of thiazole rings is 1. The number of carbonyl (C=O) groups is 1. The first kappa shape index (κ1) is 24.1. The first-order valence-corrected chi connectivity index (χ1v) is 12.7. The zero-order valence-corrected chi connectivity index (χ0v) is 20.9. The molecule has 33 heavy (non-hydrogen) atoms. The molecule has 0 radical (unpaired) electrons. The van der Waals surface area contributed by atoms with Crippen LogP contribution in [0.25, 0.3) is 0 Å². The standard InChI is InChI=1S/C25H36N4O3S/c1-16(30)29-20(9-18-13-26-15-33-18)22(31)14-27-21-11-25(6-5-7-25)32-23-19(21)8-17(12-28-23)10-24(2,3)4/h8,12-13,15,20-22,27,31H,5-7,9-11,14H2,1-4H3,(H,29,30)/t20-,21-,22+/m0/s1. The fourth-order valence-electron chi connectivity index (χ4n) is 4.86. The van der Waals surface area contributed by atoms with Gasteiger partial charge in [0.2, 0.25) is 11.8 Å². The summed E-state index contributed by atoms with van der Waals surface area (Å²) in [6, 6.07) is 1.89. The third-order valence-corrected chi connectivity index (χ3v) is 7.33. The molecule has 4 rings (SSSR count). The van der Waals surface area contributed by atoms with Crippen LogP contribution in [0.5, 0.6) is 5.88 Å². The van der Waals surface area contributed by atoms with Crippen molar-refractivity contribution >= 4 is 17.2 Å². The molecule has 180 valence electrons. The van der Waals surface area contributed by atoms with Crippen LogP contribution in [-0.2, 0) is 17.6 Å². The number of hydrogen-bond acceptors (Lipinski definition) is 7. The summed E-state index contributed by atoms with van der Waals surface area (Å²) in [6.45, 7) is 8.53. The Hall–Kier alpha value is -2.03. The lowest BCUT2D eigenvalue weighted by atomic mass is 9.73. The van der Waals surface area contributed by atoms with Crippen LogP contribution in [0.1, 0.15) is 75.4 Å². The third kappa shape index (κ3) is 6.11. The predicted octanol–water partition coefficient (Wildman–Crippen LogP) is 3.57. The van der Waals surface area contributed by atoms with E-state index >= 15 is 0 Å². The van der Waals surface area contributed by atoms with Crippen molar-refractivity contribution < 1.29 is 14.6 Å². The minimum atomic E-state index is -0.731. The van der Waals surface area contributed by atoms with Gasteiger partial charge in [0.1, 0.15) is 5.60 Å². The van der Waals surface area contributed by atoms with Gasteiger partial charge in [0, 0.05) is 55.2 Å². The molecular formula is C25H36N4O3S. The van der Waals surface area contributed by atoms with Crippen molar-refractivity contribution in [1.29, 1.82) is 0 Å². The number of pyridine rings is 1. The maximum absolute atomic E-state index is 11.8. The average molecular weight is 473 g/mol. The highest BCUT2D eigenvalue weighted by Gasteiger charge is 2.46. The van der Waals surface area contributed by atoms with Gasteiger partial charge in [-0.2, -0.15) is 0 Å². The zero-order valence-electron chi connectivity index (χ0n) is 20.1. The second kappa shape index (κ2) is 9.68. The van der Waals surface area contributed by atoms with Crippen molar-refractivity contribution in [2.75, 3.05) is 6.54 Å². The molecule has 1 aliphatic heterocycles. The van der Waals surface area contributed by atoms with Crippen LogP contribution in [0.3, 0.4) is 0 Å². The van der Waals surface area contributed by atoms with Crippen molar-refractivity contribution in [3.63, 3.8) is 0 Å². The third-order valence-electron chi connectivity index (χ3n) is 6.53. The van der Waals surface area contributed by atoms with Gasteiger partial charge >= 0.3 is 0 Å². The molecule has 2 aromatic rings. The van der Waals surface area contributed by atoms with E-state index in [2.05, 4.69) is 42.5 Å². The molecule has 1 amide bonds. The molecule has 1 aliphatic carbocycles. The number of fused-ring (bicyclic) bond motifs is 1. The van der Waals surface area contributed by atoms with E-state index in [1.165, 1.54) is 30.2 Å². The van der Waals surface area contributed by atoms with E-state index in [-0.39, 0.29) is 29.0 Å². The Bertz CT molecular complexity index is 953. The summed E-state index contributed by atoms with van der Waals surface area (Å²) in [5, 5.41) is 17.5. The lowest BCUT2D eigenvalue weighted by Gasteiger charge is -2.47. The van der Waals surface area contributed by atoms with Gasteiger partial charge in [0.25, 0.3) is 0 Å². The SMILES string of the molecule is CC(=O)N[C@@H](Cc1cncs1)[C@H](O)CN[C@H]1CC2(CCC2)Oc2ncc(CC(C)(C)C)cc21. The van der Waals surface area contributed by atoms with E-state index < -0.39 is 6.10 Å². The van der Waals surface area contributed by atoms with Crippen molar-refractivity contribution in [3.05, 3.63) is 40.0 Å². The van der Waals surface area contributed by atoms with Crippen molar-refractivity contribution in [3.8, 4) is 5.88 Å². The molecule has 0 bridgehead atoms. The Kier molecular flexibility index (Phi) is 7.07. The molecule has 7 nitrogen and oxygen atoms in total. The van der Waals surface area contributed by atoms with Crippen molar-refractivity contribution in [1.82, 2.24) is 20.6 Å². The van der Waals surface area contributed by atoms with Gasteiger partial charge in [-0.05, 0) is 42.7 Å². The molecule has 1 saturated carbocycles. The van der Waals surface area contributed by atoms with Crippen LogP contribution in [0.2, 0.25) is 0 Å². The van der Waals surface area contributed by atoms with Crippen molar-refractivity contribution in [2.45, 2.75) is 90.0 Å². The number of aliphatic hydroxyl groups excluding tert-OH is 1. The highest BCUT2D eigenvalue weighted by Crippen LogP contribution is 2.48. The van der Waals surface area contributed by atoms with Crippen LogP contribution in [-0.4, -0.2) is 45.3 Å². The predicted molar refractivity (Wildman–Crippen MR) is 129 cm³/mol. The Labute approximate surface area is 200 Å². The second-order valence-electron chi connectivity index (χ2n) is 10.8. The number of rotatable bonds is 8. The summed E-state index contributed by atoms with van der Waals surface area (Å²) in [6.07, 6.45) is 8.61. The Morgan fingerprint density at radius 3 is 2.76 bits per heavy atom. The lowest BCUT2D eigenvalue weighted by molar-refractivity contribution is -0.120. The lowest BCUT2D eigenvalue weighted by Crippen LogP contribution is -2.52. The van der Waals surface area contributed by atoms with Gasteiger partial charge in [-0.3, -0.25) is 9.78 Å². The molecule has 1 spiro atoms. The average Bonchev–Trinajstić information content (AvgIpc) is 3.21. The Morgan fingerprint density at radius 2 is 2.15 bits per heavy atom. The Balaban J connectivity index is 1.49. The number of nitrogens with zero attached hydrogens (tertiary/aromatic N) is 2. The number of amides is 1. The largest absolute Gasteiger partial charge is 0.471 e. The van der Waals surface area contributed by atoms with Gasteiger partial charge in [0.05, 0.1) is 17.7 Å². The van der Waals surface area contributed by atoms with Gasteiger partial charge in [-0.25, -0.2) is 4.98 Å². The van der Waals surface area contributed by atoms with Crippen LogP contribution >= 0.6 is 11.3 Å². The second-order valence-corrected chi connectivity index (χ2v) is 11.8. The van der Waals surface area contributed by atoms with E-state index in [9.17, 15) is 9.90 Å². The molecule has 0 saturated heterocycles. The van der Waals surface area contributed by atoms with Gasteiger partial charge in [0.15, 0.2) is 0 Å². The molecular weight excluding hydrogens is 436 g/mol. The molecule has 3 heterocycles. The Morgan fingerprint density at radius 1 is 1.36 bits per heavy atom. The minimum Gasteiger partial charge on any atom is -0.471 e. The molecule has 3 N–H and O–H groups in total. The van der Waals surface area contributed by atoms with Crippen LogP contribution in [0, 0.1) is 5.41 Å². The molecule has 2 aliphatic rings. The highest BCUT2D eigenvalue weighted by atomic mass is 32.1. The normalized spacial score (nSPS) is 20.9. The quantitative estimate of drug-likeness (QED) is 0.544. The maximum atomic E-state index is 11.8. The molecule has 3 atom stereocenters. The summed E-state index contributed by atoms with van der Waals surface area (Å²) in [5.74, 6) is 0.568. The van der Waals surface area contributed by atoms with E-state index in [1.54, 1.807) is 11.7 Å². The fourth-order valence-corrected chi connectivity index (χ4v) is 5.51. The first-order chi connectivity index (χ1) is 15.6. The number of aromatic nitrogens is 2. The number of carbonyl (C=O) groups excluding carboxylic acids is 1. The van der Waals surface area contributed by atoms with Crippen LogP contribution < -0.4 is 15.4 Å². The monoisotopic (exact) mass is 472 g/mol. The van der Waals surface area contributed by atoms with Crippen LogP contribution in [0.4, 0.5) is 0 Å². The molecule has 2 aromatic heterocycles. The number of ether oxygens (including phenoxy) is 1. The smallest absolute Gasteiger partial charge is 0.218 e. The van der Waals surface area contributed by atoms with Gasteiger partial charge < -0.3 is 20.5 Å². The molecule has 8 heteroatoms. The number of aliphatic hydroxyl groups is 1. The zero-order chi connectivity index (χ0) is 23.6. The number of nitrogens with one attached hydrogen (secondary N) is 2. The van der Waals surface area contributed by atoms with E-state index in [1.807, 2.05) is 6.20 Å². The van der Waals surface area contributed by atoms with E-state index in [0.717, 1.165) is 36.1 Å². The van der Waals surface area contributed by atoms with E-state index in [0.29, 0.717) is 18.8 Å². The van der Waals surface area contributed by atoms with Crippen LogP contribution in [0.15, 0.2) is 24.0 Å². The topological polar surface area (TPSA) is 96.4 Å². The fraction of sp³-hybridized carbons (Fsp3) is 0.640. The van der Waals surface area contributed by atoms with Crippen molar-refractivity contribution in [2.24, 2.45) is 5.41 Å². The summed E-state index contributed by atoms with van der Waals surface area (Å²) >= 11 is 1.53. The number of hydrogen-bond donors (Lipinski definition) is 3. The first-order valence-electron chi connectivity index (χ1n) is 11.9. The van der Waals surface area contributed by atoms with E-state index in [4.69, 9.17) is 9.72 Å². The minimum absolute atomic E-state index is 0.0532. The molecule has 0 aromatic carbocycles. The molecule has 1 fully saturated rings. The van der Waals surface area contributed by atoms with Gasteiger partial charge in [-0.15, -0.1) is 11.3 Å². The molecule has 0 unspecified atom stereocenters. The summed E-state index contributed by atoms with van der Waals surface area (Å²) in [7, 11) is 0. The maximum Gasteiger partial charge on any atom is 0.218 e. The van der Waals surface area contributed by atoms with Gasteiger partial charge in [-0.1, -0.05) is 20.8 Å².